The van der Waals surface area contributed by atoms with E-state index in [2.05, 4.69) is 0 Å². The van der Waals surface area contributed by atoms with Gasteiger partial charge in [-0.2, -0.15) is 65.9 Å². The summed E-state index contributed by atoms with van der Waals surface area (Å²) < 4.78 is 206. The van der Waals surface area contributed by atoms with Gasteiger partial charge in [0.25, 0.3) is 0 Å². The van der Waals surface area contributed by atoms with Crippen molar-refractivity contribution in [2.75, 3.05) is 0 Å². The Hall–Kier alpha value is -2.07. The molecule has 0 radical (unpaired) electrons. The van der Waals surface area contributed by atoms with E-state index in [4.69, 9.17) is 4.74 Å². The molecule has 1 rings (SSSR count). The second kappa shape index (κ2) is 9.00. The highest BCUT2D eigenvalue weighted by molar-refractivity contribution is 5.38. The number of hydrogen-bond donors (Lipinski definition) is 1. The van der Waals surface area contributed by atoms with Crippen molar-refractivity contribution < 1.29 is 75.7 Å². The van der Waals surface area contributed by atoms with Gasteiger partial charge in [0.2, 0.25) is 0 Å². The van der Waals surface area contributed by atoms with Gasteiger partial charge in [0.1, 0.15) is 11.4 Å². The maximum atomic E-state index is 14.4. The van der Waals surface area contributed by atoms with Gasteiger partial charge in [-0.05, 0) is 33.8 Å². The average molecular weight is 576 g/mol. The summed E-state index contributed by atoms with van der Waals surface area (Å²) in [4.78, 5) is 0. The van der Waals surface area contributed by atoms with Crippen LogP contribution in [0.3, 0.4) is 0 Å². The Kier molecular flexibility index (Phi) is 8.02. The van der Waals surface area contributed by atoms with Gasteiger partial charge in [-0.25, -0.2) is 0 Å². The molecule has 0 fully saturated rings. The van der Waals surface area contributed by atoms with Crippen LogP contribution < -0.4 is 4.74 Å². The zero-order chi connectivity index (χ0) is 29.9. The van der Waals surface area contributed by atoms with Gasteiger partial charge in [-0.3, -0.25) is 0 Å². The van der Waals surface area contributed by atoms with E-state index in [1.165, 1.54) is 26.8 Å². The number of alkyl halides is 15. The normalized spacial score (nSPS) is 17.0. The fourth-order valence-electron chi connectivity index (χ4n) is 2.97. The number of benzene rings is 1. The van der Waals surface area contributed by atoms with Crippen molar-refractivity contribution in [1.82, 2.24) is 0 Å². The third-order valence-electron chi connectivity index (χ3n) is 4.84. The van der Waals surface area contributed by atoms with Crippen molar-refractivity contribution in [2.45, 2.75) is 87.0 Å². The number of para-hydroxylation sites is 1. The van der Waals surface area contributed by atoms with Crippen molar-refractivity contribution >= 4 is 0 Å². The van der Waals surface area contributed by atoms with Crippen molar-refractivity contribution in [2.24, 2.45) is 0 Å². The highest BCUT2D eigenvalue weighted by Gasteiger charge is 2.93. The maximum absolute atomic E-state index is 14.4. The molecule has 0 aromatic heterocycles. The molecule has 17 heteroatoms. The molecule has 0 bridgehead atoms. The third kappa shape index (κ3) is 5.41. The Morgan fingerprint density at radius 2 is 0.973 bits per heavy atom. The Morgan fingerprint density at radius 3 is 1.38 bits per heavy atom. The van der Waals surface area contributed by atoms with Gasteiger partial charge in [-0.1, -0.05) is 18.2 Å². The lowest BCUT2D eigenvalue weighted by molar-refractivity contribution is -0.453. The number of rotatable bonds is 9. The predicted molar refractivity (Wildman–Crippen MR) is 96.7 cm³/mol. The summed E-state index contributed by atoms with van der Waals surface area (Å²) in [6, 6.07) is 3.96. The van der Waals surface area contributed by atoms with Gasteiger partial charge < -0.3 is 9.84 Å². The fraction of sp³-hybridized carbons (Fsp3) is 0.700. The summed E-state index contributed by atoms with van der Waals surface area (Å²) in [5, 5.41) is 10.4. The second-order valence-electron chi connectivity index (χ2n) is 9.24. The van der Waals surface area contributed by atoms with Crippen molar-refractivity contribution in [3.05, 3.63) is 29.8 Å². The van der Waals surface area contributed by atoms with Crippen LogP contribution in [0, 0.1) is 0 Å². The van der Waals surface area contributed by atoms with Gasteiger partial charge in [0.05, 0.1) is 12.0 Å². The minimum absolute atomic E-state index is 0.296. The van der Waals surface area contributed by atoms with Crippen LogP contribution in [0.5, 0.6) is 5.75 Å². The highest BCUT2D eigenvalue weighted by atomic mass is 19.4. The van der Waals surface area contributed by atoms with Crippen molar-refractivity contribution in [1.29, 1.82) is 0 Å². The molecule has 0 heterocycles. The molecular weight excluding hydrogens is 557 g/mol. The quantitative estimate of drug-likeness (QED) is 0.304. The molecule has 0 aliphatic heterocycles. The lowest BCUT2D eigenvalue weighted by Gasteiger charge is -2.42. The SMILES string of the molecule is CC(C)(C)Oc1ccccc1C(C)(O)CC(F)(F)C(F)(F)C(F)(F)C(F)(F)C(F)(F)C(F)(F)C(F)(F)F. The molecule has 1 N–H and O–H groups in total. The van der Waals surface area contributed by atoms with Gasteiger partial charge in [0, 0.05) is 5.56 Å². The average Bonchev–Trinajstić information content (AvgIpc) is 2.64. The number of ether oxygens (including phenoxy) is 1. The van der Waals surface area contributed by atoms with E-state index in [0.717, 1.165) is 18.2 Å². The molecule has 0 aliphatic carbocycles. The molecule has 0 saturated carbocycles. The number of hydrogen-bond acceptors (Lipinski definition) is 2. The monoisotopic (exact) mass is 576 g/mol. The van der Waals surface area contributed by atoms with E-state index in [9.17, 15) is 71.0 Å². The van der Waals surface area contributed by atoms with Crippen LogP contribution in [0.2, 0.25) is 0 Å². The smallest absolute Gasteiger partial charge is 0.460 e. The van der Waals surface area contributed by atoms with Gasteiger partial charge >= 0.3 is 41.7 Å². The van der Waals surface area contributed by atoms with Crippen molar-refractivity contribution in [3.8, 4) is 5.75 Å². The molecule has 0 saturated heterocycles. The zero-order valence-electron chi connectivity index (χ0n) is 19.0. The Morgan fingerprint density at radius 1 is 0.595 bits per heavy atom. The van der Waals surface area contributed by atoms with E-state index in [0.29, 0.717) is 6.92 Å². The molecule has 216 valence electrons. The van der Waals surface area contributed by atoms with E-state index >= 15 is 0 Å². The summed E-state index contributed by atoms with van der Waals surface area (Å²) >= 11 is 0. The molecule has 1 aromatic carbocycles. The Bertz CT molecular complexity index is 959. The second-order valence-corrected chi connectivity index (χ2v) is 9.24. The lowest BCUT2D eigenvalue weighted by Crippen LogP contribution is -2.72. The zero-order valence-corrected chi connectivity index (χ0v) is 19.0. The Labute approximate surface area is 199 Å². The summed E-state index contributed by atoms with van der Waals surface area (Å²) in [6.45, 7) is 4.47. The van der Waals surface area contributed by atoms with Crippen molar-refractivity contribution in [3.63, 3.8) is 0 Å². The topological polar surface area (TPSA) is 29.5 Å². The molecule has 1 aromatic rings. The van der Waals surface area contributed by atoms with Gasteiger partial charge in [-0.15, -0.1) is 0 Å². The maximum Gasteiger partial charge on any atom is 0.460 e. The standard InChI is InChI=1S/C20H19F15O2/c1-12(2,3)37-11-8-6-5-7-10(11)13(4,36)9-14(21,22)15(23,24)16(25,26)17(27,28)18(29,30)19(31,32)20(33,34)35/h5-8,36H,9H2,1-4H3. The molecule has 37 heavy (non-hydrogen) atoms. The summed E-state index contributed by atoms with van der Waals surface area (Å²) in [5.74, 6) is -47.8. The summed E-state index contributed by atoms with van der Waals surface area (Å²) in [7, 11) is 0. The third-order valence-corrected chi connectivity index (χ3v) is 4.84. The first-order chi connectivity index (χ1) is 15.9. The Balaban J connectivity index is 3.59. The summed E-state index contributed by atoms with van der Waals surface area (Å²) in [6.07, 6.45) is -10.6. The molecular formula is C20H19F15O2. The first-order valence-electron chi connectivity index (χ1n) is 9.75. The molecule has 1 atom stereocenters. The molecule has 0 amide bonds. The van der Waals surface area contributed by atoms with Crippen LogP contribution in [-0.2, 0) is 5.60 Å². The predicted octanol–water partition coefficient (Wildman–Crippen LogP) is 7.84. The highest BCUT2D eigenvalue weighted by Crippen LogP contribution is 2.63. The molecule has 0 aliphatic rings. The molecule has 2 nitrogen and oxygen atoms in total. The molecule has 1 unspecified atom stereocenters. The van der Waals surface area contributed by atoms with Crippen LogP contribution in [0.4, 0.5) is 65.9 Å². The minimum atomic E-state index is -8.38. The first kappa shape index (κ1) is 33.0. The van der Waals surface area contributed by atoms with Crippen LogP contribution in [0.25, 0.3) is 0 Å². The van der Waals surface area contributed by atoms with Crippen LogP contribution >= 0.6 is 0 Å². The number of halogens is 15. The van der Waals surface area contributed by atoms with E-state index < -0.39 is 70.6 Å². The van der Waals surface area contributed by atoms with Crippen LogP contribution in [0.1, 0.15) is 39.7 Å². The number of aliphatic hydroxyl groups is 1. The lowest BCUT2D eigenvalue weighted by atomic mass is 9.83. The van der Waals surface area contributed by atoms with E-state index in [1.807, 2.05) is 0 Å². The molecule has 0 spiro atoms. The largest absolute Gasteiger partial charge is 0.488 e. The van der Waals surface area contributed by atoms with E-state index in [-0.39, 0.29) is 0 Å². The minimum Gasteiger partial charge on any atom is -0.488 e. The summed E-state index contributed by atoms with van der Waals surface area (Å²) in [5.41, 5.74) is -5.30. The van der Waals surface area contributed by atoms with Crippen LogP contribution in [0.15, 0.2) is 24.3 Å². The van der Waals surface area contributed by atoms with Crippen LogP contribution in [-0.4, -0.2) is 52.4 Å². The van der Waals surface area contributed by atoms with Gasteiger partial charge in [0.15, 0.2) is 0 Å². The van der Waals surface area contributed by atoms with E-state index in [1.54, 1.807) is 0 Å². The first-order valence-corrected chi connectivity index (χ1v) is 9.75. The fourth-order valence-corrected chi connectivity index (χ4v) is 2.97.